The number of benzene rings is 1. The van der Waals surface area contributed by atoms with E-state index in [0.717, 1.165) is 17.8 Å². The third-order valence-electron chi connectivity index (χ3n) is 3.22. The van der Waals surface area contributed by atoms with Gasteiger partial charge in [-0.3, -0.25) is 4.90 Å². The normalized spacial score (nSPS) is 15.9. The fourth-order valence-corrected chi connectivity index (χ4v) is 2.27. The summed E-state index contributed by atoms with van der Waals surface area (Å²) in [5.41, 5.74) is 3.93. The first-order valence-corrected chi connectivity index (χ1v) is 6.18. The second kappa shape index (κ2) is 5.37. The average molecular weight is 249 g/mol. The highest BCUT2D eigenvalue weighted by Crippen LogP contribution is 2.25. The van der Waals surface area contributed by atoms with E-state index in [-0.39, 0.29) is 12.1 Å². The Balaban J connectivity index is 2.25. The lowest BCUT2D eigenvalue weighted by molar-refractivity contribution is 0.161. The van der Waals surface area contributed by atoms with Gasteiger partial charge in [-0.1, -0.05) is 18.2 Å². The summed E-state index contributed by atoms with van der Waals surface area (Å²) >= 11 is 0. The van der Waals surface area contributed by atoms with Gasteiger partial charge < -0.3 is 10.1 Å². The third-order valence-corrected chi connectivity index (χ3v) is 3.22. The van der Waals surface area contributed by atoms with Crippen LogP contribution in [-0.4, -0.2) is 35.3 Å². The van der Waals surface area contributed by atoms with Crippen LogP contribution in [0, 0.1) is 0 Å². The Morgan fingerprint density at radius 1 is 1.33 bits per heavy atom. The maximum Gasteiger partial charge on any atom is 0.324 e. The summed E-state index contributed by atoms with van der Waals surface area (Å²) < 4.78 is 0. The van der Waals surface area contributed by atoms with Crippen molar-refractivity contribution in [1.29, 1.82) is 0 Å². The summed E-state index contributed by atoms with van der Waals surface area (Å²) in [6, 6.07) is 7.87. The van der Waals surface area contributed by atoms with E-state index in [1.165, 1.54) is 0 Å². The Morgan fingerprint density at radius 2 is 2.06 bits per heavy atom. The van der Waals surface area contributed by atoms with Crippen LogP contribution in [0.25, 0.3) is 0 Å². The van der Waals surface area contributed by atoms with Crippen molar-refractivity contribution in [3.63, 3.8) is 0 Å². The molecule has 98 valence electrons. The van der Waals surface area contributed by atoms with Gasteiger partial charge in [0.15, 0.2) is 0 Å². The highest BCUT2D eigenvalue weighted by atomic mass is 16.5. The standard InChI is InChI=1S/C13H19N3O2/c1-10(2)15-7-8-16(13(15)17)12-6-4-3-5-11(12)9-14-18/h3-6,10,14,18H,7-9H2,1-2H3. The maximum absolute atomic E-state index is 12.3. The largest absolute Gasteiger partial charge is 0.324 e. The van der Waals surface area contributed by atoms with Crippen LogP contribution >= 0.6 is 0 Å². The van der Waals surface area contributed by atoms with Gasteiger partial charge in [-0.25, -0.2) is 10.3 Å². The number of amides is 2. The molecule has 0 unspecified atom stereocenters. The van der Waals surface area contributed by atoms with Gasteiger partial charge in [0, 0.05) is 25.7 Å². The molecular formula is C13H19N3O2. The molecule has 18 heavy (non-hydrogen) atoms. The topological polar surface area (TPSA) is 55.8 Å². The number of nitrogens with zero attached hydrogens (tertiary/aromatic N) is 2. The first-order chi connectivity index (χ1) is 8.65. The Morgan fingerprint density at radius 3 is 2.67 bits per heavy atom. The van der Waals surface area contributed by atoms with Crippen molar-refractivity contribution in [3.05, 3.63) is 29.8 Å². The molecule has 0 saturated carbocycles. The number of nitrogens with one attached hydrogen (secondary N) is 1. The monoisotopic (exact) mass is 249 g/mol. The fraction of sp³-hybridized carbons (Fsp3) is 0.462. The van der Waals surface area contributed by atoms with Crippen LogP contribution in [-0.2, 0) is 6.54 Å². The summed E-state index contributed by atoms with van der Waals surface area (Å²) in [6.45, 7) is 5.81. The van der Waals surface area contributed by atoms with Crippen molar-refractivity contribution in [3.8, 4) is 0 Å². The number of para-hydroxylation sites is 1. The molecule has 1 aromatic rings. The lowest BCUT2D eigenvalue weighted by atomic mass is 10.1. The summed E-state index contributed by atoms with van der Waals surface area (Å²) in [4.78, 5) is 15.9. The number of hydrogen-bond donors (Lipinski definition) is 2. The molecule has 2 N–H and O–H groups in total. The second-order valence-corrected chi connectivity index (χ2v) is 4.68. The zero-order chi connectivity index (χ0) is 13.1. The average Bonchev–Trinajstić information content (AvgIpc) is 2.72. The molecule has 2 rings (SSSR count). The Kier molecular flexibility index (Phi) is 3.84. The van der Waals surface area contributed by atoms with Gasteiger partial charge in [0.1, 0.15) is 0 Å². The SMILES string of the molecule is CC(C)N1CCN(c2ccccc2CNO)C1=O. The third kappa shape index (κ3) is 2.32. The van der Waals surface area contributed by atoms with E-state index in [1.54, 1.807) is 4.90 Å². The highest BCUT2D eigenvalue weighted by Gasteiger charge is 2.31. The molecule has 1 aliphatic heterocycles. The quantitative estimate of drug-likeness (QED) is 0.800. The molecule has 0 aromatic heterocycles. The van der Waals surface area contributed by atoms with E-state index in [0.29, 0.717) is 13.1 Å². The molecule has 2 amide bonds. The van der Waals surface area contributed by atoms with Gasteiger partial charge in [-0.15, -0.1) is 0 Å². The van der Waals surface area contributed by atoms with Crippen LogP contribution in [0.3, 0.4) is 0 Å². The van der Waals surface area contributed by atoms with Gasteiger partial charge in [0.2, 0.25) is 0 Å². The number of carbonyl (C=O) groups excluding carboxylic acids is 1. The Hall–Kier alpha value is -1.59. The number of carbonyl (C=O) groups is 1. The summed E-state index contributed by atoms with van der Waals surface area (Å²) in [7, 11) is 0. The van der Waals surface area contributed by atoms with E-state index in [2.05, 4.69) is 5.48 Å². The molecule has 0 bridgehead atoms. The smallest absolute Gasteiger partial charge is 0.320 e. The predicted octanol–water partition coefficient (Wildman–Crippen LogP) is 1.82. The molecule has 1 aromatic carbocycles. The summed E-state index contributed by atoms with van der Waals surface area (Å²) in [5, 5.41) is 8.83. The van der Waals surface area contributed by atoms with E-state index < -0.39 is 0 Å². The van der Waals surface area contributed by atoms with Gasteiger partial charge >= 0.3 is 6.03 Å². The minimum atomic E-state index is 0.0374. The first kappa shape index (κ1) is 12.9. The number of urea groups is 1. The number of hydroxylamine groups is 1. The van der Waals surface area contributed by atoms with Crippen LogP contribution in [0.1, 0.15) is 19.4 Å². The highest BCUT2D eigenvalue weighted by molar-refractivity contribution is 5.95. The van der Waals surface area contributed by atoms with Crippen molar-refractivity contribution < 1.29 is 10.0 Å². The number of rotatable bonds is 4. The van der Waals surface area contributed by atoms with Crippen LogP contribution < -0.4 is 10.4 Å². The van der Waals surface area contributed by atoms with Crippen molar-refractivity contribution >= 4 is 11.7 Å². The molecule has 1 fully saturated rings. The van der Waals surface area contributed by atoms with Crippen molar-refractivity contribution in [2.75, 3.05) is 18.0 Å². The zero-order valence-electron chi connectivity index (χ0n) is 10.8. The zero-order valence-corrected chi connectivity index (χ0v) is 10.8. The van der Waals surface area contributed by atoms with E-state index in [9.17, 15) is 4.79 Å². The molecule has 1 heterocycles. The molecule has 5 heteroatoms. The molecule has 0 aliphatic carbocycles. The van der Waals surface area contributed by atoms with Crippen molar-refractivity contribution in [2.24, 2.45) is 0 Å². The van der Waals surface area contributed by atoms with Crippen LogP contribution in [0.5, 0.6) is 0 Å². The molecule has 5 nitrogen and oxygen atoms in total. The molecule has 0 radical (unpaired) electrons. The van der Waals surface area contributed by atoms with Crippen molar-refractivity contribution in [1.82, 2.24) is 10.4 Å². The van der Waals surface area contributed by atoms with Gasteiger partial charge in [-0.05, 0) is 25.5 Å². The van der Waals surface area contributed by atoms with Crippen molar-refractivity contribution in [2.45, 2.75) is 26.4 Å². The van der Waals surface area contributed by atoms with E-state index in [4.69, 9.17) is 5.21 Å². The number of anilines is 1. The minimum absolute atomic E-state index is 0.0374. The van der Waals surface area contributed by atoms with Gasteiger partial charge in [0.05, 0.1) is 5.69 Å². The van der Waals surface area contributed by atoms with Gasteiger partial charge in [-0.2, -0.15) is 0 Å². The van der Waals surface area contributed by atoms with Crippen LogP contribution in [0.4, 0.5) is 10.5 Å². The van der Waals surface area contributed by atoms with Gasteiger partial charge in [0.25, 0.3) is 0 Å². The molecular weight excluding hydrogens is 230 g/mol. The Bertz CT molecular complexity index is 434. The Labute approximate surface area is 107 Å². The van der Waals surface area contributed by atoms with E-state index >= 15 is 0 Å². The predicted molar refractivity (Wildman–Crippen MR) is 69.7 cm³/mol. The second-order valence-electron chi connectivity index (χ2n) is 4.68. The number of hydrogen-bond acceptors (Lipinski definition) is 3. The lowest BCUT2D eigenvalue weighted by Gasteiger charge is -2.23. The molecule has 1 saturated heterocycles. The van der Waals surface area contributed by atoms with Crippen LogP contribution in [0.15, 0.2) is 24.3 Å². The maximum atomic E-state index is 12.3. The lowest BCUT2D eigenvalue weighted by Crippen LogP contribution is -2.36. The molecule has 0 spiro atoms. The first-order valence-electron chi connectivity index (χ1n) is 6.18. The summed E-state index contributed by atoms with van der Waals surface area (Å²) in [6.07, 6.45) is 0. The fourth-order valence-electron chi connectivity index (χ4n) is 2.27. The molecule has 0 atom stereocenters. The summed E-state index contributed by atoms with van der Waals surface area (Å²) in [5.74, 6) is 0. The van der Waals surface area contributed by atoms with Crippen LogP contribution in [0.2, 0.25) is 0 Å². The molecule has 1 aliphatic rings. The minimum Gasteiger partial charge on any atom is -0.320 e. The van der Waals surface area contributed by atoms with E-state index in [1.807, 2.05) is 43.0 Å².